The fourth-order valence-electron chi connectivity index (χ4n) is 14.3. The monoisotopic (exact) mass is 1550 g/mol. The number of alkyl carbamates (subject to hydrolysis) is 1. The molecule has 13 atom stereocenters. The number of β-amino-alcohol motifs (C(OH)–C–C–N with tert-alkyl or cyclic N) is 1. The fraction of sp³-hybridized carbons (Fsp3) is 0.589. The van der Waals surface area contributed by atoms with Crippen LogP contribution in [0.25, 0.3) is 21.1 Å². The Bertz CT molecular complexity index is 3650. The number of benzene rings is 3. The van der Waals surface area contributed by atoms with E-state index in [1.165, 1.54) is 68.2 Å². The number of rotatable bonds is 23. The minimum Gasteiger partial charge on any atom is -0.504 e. The van der Waals surface area contributed by atoms with Gasteiger partial charge in [-0.25, -0.2) is 10.1 Å². The van der Waals surface area contributed by atoms with E-state index in [1.807, 2.05) is 12.1 Å². The van der Waals surface area contributed by atoms with Gasteiger partial charge in [0.2, 0.25) is 35.4 Å². The van der Waals surface area contributed by atoms with Gasteiger partial charge in [0.05, 0.1) is 36.6 Å². The molecule has 594 valence electrons. The number of aromatic nitrogens is 2. The van der Waals surface area contributed by atoms with E-state index in [0.29, 0.717) is 33.7 Å². The average Bonchev–Trinajstić information content (AvgIpc) is 1.63. The lowest BCUT2D eigenvalue weighted by Gasteiger charge is -2.42. The number of carbonyl (C=O) groups excluding carboxylic acids is 8. The number of aliphatic hydroxyl groups excluding tert-OH is 6. The lowest BCUT2D eigenvalue weighted by Crippen LogP contribution is -2.64. The Hall–Kier alpha value is -8.17. The van der Waals surface area contributed by atoms with Crippen LogP contribution in [0.4, 0.5) is 10.5 Å². The molecule has 5 fully saturated rings. The molecule has 5 heterocycles. The quantitative estimate of drug-likeness (QED) is 0.0166. The van der Waals surface area contributed by atoms with Gasteiger partial charge < -0.3 is 91.3 Å². The fourth-order valence-corrected chi connectivity index (χ4v) is 15.4. The third kappa shape index (κ3) is 23.0. The third-order valence-electron chi connectivity index (χ3n) is 20.2. The van der Waals surface area contributed by atoms with Gasteiger partial charge >= 0.3 is 6.09 Å². The zero-order chi connectivity index (χ0) is 78.6. The highest BCUT2D eigenvalue weighted by atomic mass is 32.2. The number of phenols is 1. The van der Waals surface area contributed by atoms with Crippen LogP contribution in [-0.4, -0.2) is 275 Å². The van der Waals surface area contributed by atoms with E-state index in [4.69, 9.17) is 14.2 Å². The molecular formula is C73H105N13O20S2. The third-order valence-corrected chi connectivity index (χ3v) is 21.6. The molecule has 35 heteroatoms. The summed E-state index contributed by atoms with van der Waals surface area (Å²) in [4.78, 5) is 124. The van der Waals surface area contributed by atoms with Crippen molar-refractivity contribution in [3.05, 3.63) is 90.5 Å². The van der Waals surface area contributed by atoms with Crippen molar-refractivity contribution in [2.75, 3.05) is 70.4 Å². The van der Waals surface area contributed by atoms with Crippen molar-refractivity contribution in [3.63, 3.8) is 0 Å². The summed E-state index contributed by atoms with van der Waals surface area (Å²) in [5, 5.41) is 117. The van der Waals surface area contributed by atoms with Crippen molar-refractivity contribution >= 4 is 76.8 Å². The molecule has 4 aromatic rings. The van der Waals surface area contributed by atoms with E-state index < -0.39 is 177 Å². The summed E-state index contributed by atoms with van der Waals surface area (Å²) in [6.07, 6.45) is -7.46. The smallest absolute Gasteiger partial charge is 0.407 e. The number of piperazine rings is 1. The van der Waals surface area contributed by atoms with Crippen LogP contribution < -0.4 is 41.0 Å². The molecule has 4 aliphatic heterocycles. The molecule has 1 aliphatic carbocycles. The minimum absolute atomic E-state index is 0.0197. The van der Waals surface area contributed by atoms with Gasteiger partial charge in [0, 0.05) is 118 Å². The number of aliphatic hydroxyl groups is 6. The number of hydrogen-bond acceptors (Lipinski definition) is 27. The minimum atomic E-state index is -2.18. The number of phenolic OH excluding ortho intramolecular Hbond substituents is 1. The van der Waals surface area contributed by atoms with Gasteiger partial charge in [0.1, 0.15) is 52.9 Å². The van der Waals surface area contributed by atoms with Crippen LogP contribution in [0.3, 0.4) is 0 Å². The van der Waals surface area contributed by atoms with Crippen LogP contribution in [0.15, 0.2) is 79.4 Å². The molecule has 14 N–H and O–H groups in total. The summed E-state index contributed by atoms with van der Waals surface area (Å²) in [5.41, 5.74) is 2.72. The van der Waals surface area contributed by atoms with Crippen LogP contribution in [0.5, 0.6) is 11.5 Å². The molecule has 4 saturated heterocycles. The van der Waals surface area contributed by atoms with Crippen molar-refractivity contribution in [1.29, 1.82) is 0 Å². The molecule has 33 nitrogen and oxygen atoms in total. The normalized spacial score (nSPS) is 26.0. The van der Waals surface area contributed by atoms with E-state index >= 15 is 4.79 Å². The molecule has 1 aromatic heterocycles. The second kappa shape index (κ2) is 40.5. The van der Waals surface area contributed by atoms with Crippen molar-refractivity contribution in [2.24, 2.45) is 11.8 Å². The number of amides is 8. The Morgan fingerprint density at radius 2 is 1.37 bits per heavy atom. The van der Waals surface area contributed by atoms with E-state index in [0.717, 1.165) is 78.7 Å². The van der Waals surface area contributed by atoms with Gasteiger partial charge in [-0.3, -0.25) is 43.4 Å². The van der Waals surface area contributed by atoms with Crippen molar-refractivity contribution in [3.8, 4) is 32.6 Å². The number of aromatic hydroxyl groups is 1. The maximum absolute atomic E-state index is 15.0. The Labute approximate surface area is 636 Å². The summed E-state index contributed by atoms with van der Waals surface area (Å²) < 4.78 is 14.3. The number of ether oxygens (including phenoxy) is 1. The van der Waals surface area contributed by atoms with Gasteiger partial charge in [0.15, 0.2) is 11.5 Å². The second-order valence-electron chi connectivity index (χ2n) is 28.7. The van der Waals surface area contributed by atoms with Gasteiger partial charge in [-0.15, -0.1) is 10.2 Å². The molecular weight excluding hydrogens is 1440 g/mol. The molecule has 108 heavy (non-hydrogen) atoms. The first-order valence-electron chi connectivity index (χ1n) is 36.6. The molecule has 0 spiro atoms. The Morgan fingerprint density at radius 3 is 1.97 bits per heavy atom. The lowest BCUT2D eigenvalue weighted by atomic mass is 9.86. The molecule has 0 radical (unpaired) electrons. The summed E-state index contributed by atoms with van der Waals surface area (Å²) in [6.45, 7) is 22.4. The standard InChI is InChI=1S/C65H86N12O20S2.C8H19N/c1-5-26-94-65(92)66-21-20-48(82)53-64(91)77-32-35(3)55(84)54(77)60(89)67-31-43(79)29-45(68-56(85)38-9-11-39(12-10-38)61-72-73-62(98-61)40-13-17-42(18-14-40)75-24-22-74(23-25-75)41-15-6-34(2)7-16-41)57(86)69-51(36(4)78)63(90)76-33-44(80)30-46(76)58(87)70-52(59(88)71-53)49(83)27-37-8-19-47(81)50(28-37)95-99-97-96-93;1-6-9(7(2)3)8(4)5/h5,8-14,17-19,28,34-36,41,43-46,48-49,51-55,78-84,93H,1,6-7,15-16,20-27,29-33H2,2-4H3,(H,66,92)(H,67,89)(H,68,85)(H,69,86)(H,70,87)(H,71,88);7-8H,6H2,1-5H3/t34?,35-,36+,41?,43+,44-,45+,46+,48-,49-,51+,52+,53+,54+,55+;/m1./s1. The number of nitrogens with one attached hydrogen (secondary N) is 6. The van der Waals surface area contributed by atoms with Gasteiger partial charge in [-0.05, 0) is 133 Å². The molecule has 0 bridgehead atoms. The Kier molecular flexibility index (Phi) is 32.0. The molecule has 3 aromatic carbocycles. The summed E-state index contributed by atoms with van der Waals surface area (Å²) in [7, 11) is 0. The van der Waals surface area contributed by atoms with Gasteiger partial charge in [0.25, 0.3) is 18.2 Å². The summed E-state index contributed by atoms with van der Waals surface area (Å²) in [6, 6.07) is 8.45. The number of nitrogens with zero attached hydrogens (tertiary/aromatic N) is 7. The van der Waals surface area contributed by atoms with Crippen LogP contribution in [0.1, 0.15) is 116 Å². The van der Waals surface area contributed by atoms with Gasteiger partial charge in [-0.2, -0.15) is 0 Å². The zero-order valence-electron chi connectivity index (χ0n) is 62.1. The van der Waals surface area contributed by atoms with Crippen LogP contribution in [-0.2, 0) is 49.3 Å². The molecule has 8 amide bonds. The number of hydrogen-bond donors (Lipinski definition) is 14. The predicted octanol–water partition coefficient (Wildman–Crippen LogP) is 2.02. The highest BCUT2D eigenvalue weighted by molar-refractivity contribution is 7.90. The predicted molar refractivity (Wildman–Crippen MR) is 399 cm³/mol. The SMILES string of the molecule is C=CCOC(=O)NCC[C@@H](O)[C@@H]1NC(=O)[C@H]([C@H](O)Cc2ccc(O)c(OSOOO)c2)NC(=O)[C@@H]2C[C@@H](O)CN2C(=O)[C@H]([C@H](C)O)NC(=O)[C@@H](NC(=O)c2ccc(-c3nnc(-c4ccc(N5CCN(C6CCC(C)CC6)CC5)cc4)s3)cc2)C[C@H](O)CNC(=O)[C@@H]2[C@@H](O)[C@H](C)CN2C1=O.CCN(C(C)C)C(C)C. The summed E-state index contributed by atoms with van der Waals surface area (Å²) in [5.74, 6) is -8.89. The van der Waals surface area contributed by atoms with Crippen LogP contribution in [0.2, 0.25) is 0 Å². The molecule has 9 rings (SSSR count). The first-order chi connectivity index (χ1) is 51.5. The topological polar surface area (TPSA) is 449 Å². The van der Waals surface area contributed by atoms with E-state index in [9.17, 15) is 69.3 Å². The maximum Gasteiger partial charge on any atom is 0.407 e. The van der Waals surface area contributed by atoms with Crippen molar-refractivity contribution < 1.29 is 97.7 Å². The largest absolute Gasteiger partial charge is 0.504 e. The number of fused-ring (bicyclic) bond motifs is 2. The Morgan fingerprint density at radius 1 is 0.750 bits per heavy atom. The molecule has 0 unspecified atom stereocenters. The average molecular weight is 1550 g/mol. The Balaban J connectivity index is 0.00000153. The molecule has 5 aliphatic rings. The number of carbonyl (C=O) groups is 8. The second-order valence-corrected chi connectivity index (χ2v) is 30.1. The van der Waals surface area contributed by atoms with Crippen molar-refractivity contribution in [2.45, 2.75) is 198 Å². The summed E-state index contributed by atoms with van der Waals surface area (Å²) >= 11 is 1.40. The number of anilines is 1. The van der Waals surface area contributed by atoms with Crippen LogP contribution in [0, 0.1) is 11.8 Å². The van der Waals surface area contributed by atoms with Crippen molar-refractivity contribution in [1.82, 2.24) is 61.7 Å². The van der Waals surface area contributed by atoms with E-state index in [1.54, 1.807) is 12.1 Å². The first-order valence-corrected chi connectivity index (χ1v) is 38.1. The van der Waals surface area contributed by atoms with Crippen LogP contribution >= 0.6 is 23.7 Å². The molecule has 1 saturated carbocycles. The zero-order valence-corrected chi connectivity index (χ0v) is 63.7. The lowest BCUT2D eigenvalue weighted by molar-refractivity contribution is -0.433. The highest BCUT2D eigenvalue weighted by Gasteiger charge is 2.50. The maximum atomic E-state index is 15.0. The van der Waals surface area contributed by atoms with Gasteiger partial charge in [-0.1, -0.05) is 72.3 Å². The van der Waals surface area contributed by atoms with E-state index in [-0.39, 0.29) is 42.4 Å². The van der Waals surface area contributed by atoms with E-state index in [2.05, 4.69) is 126 Å². The first kappa shape index (κ1) is 85.4. The highest BCUT2D eigenvalue weighted by Crippen LogP contribution is 2.35.